The Morgan fingerprint density at radius 2 is 1.95 bits per heavy atom. The topological polar surface area (TPSA) is 92.7 Å². The SMILES string of the molecule is COC1(CS(=O)(=O)Nc2cc(F)c(F)cc2C(=O)O)CCC1. The molecule has 22 heavy (non-hydrogen) atoms. The van der Waals surface area contributed by atoms with Gasteiger partial charge in [0.2, 0.25) is 10.0 Å². The molecule has 1 saturated carbocycles. The van der Waals surface area contributed by atoms with Gasteiger partial charge in [-0.25, -0.2) is 22.0 Å². The summed E-state index contributed by atoms with van der Waals surface area (Å²) >= 11 is 0. The molecule has 0 atom stereocenters. The maximum Gasteiger partial charge on any atom is 0.337 e. The summed E-state index contributed by atoms with van der Waals surface area (Å²) in [7, 11) is -2.58. The second-order valence-electron chi connectivity index (χ2n) is 5.22. The molecular formula is C13H15F2NO5S. The fraction of sp³-hybridized carbons (Fsp3) is 0.462. The second-order valence-corrected chi connectivity index (χ2v) is 6.94. The number of halogens is 2. The van der Waals surface area contributed by atoms with Gasteiger partial charge < -0.3 is 9.84 Å². The van der Waals surface area contributed by atoms with Crippen LogP contribution in [0, 0.1) is 11.6 Å². The van der Waals surface area contributed by atoms with Gasteiger partial charge >= 0.3 is 5.97 Å². The van der Waals surface area contributed by atoms with Crippen molar-refractivity contribution in [3.05, 3.63) is 29.3 Å². The number of rotatable bonds is 6. The number of ether oxygens (including phenoxy) is 1. The lowest BCUT2D eigenvalue weighted by Crippen LogP contribution is -2.46. The summed E-state index contributed by atoms with van der Waals surface area (Å²) in [5.41, 5.74) is -1.99. The van der Waals surface area contributed by atoms with Crippen LogP contribution in [-0.4, -0.2) is 38.0 Å². The quantitative estimate of drug-likeness (QED) is 0.829. The Kier molecular flexibility index (Phi) is 4.39. The summed E-state index contributed by atoms with van der Waals surface area (Å²) in [6, 6.07) is 0.946. The maximum absolute atomic E-state index is 13.3. The number of sulfonamides is 1. The van der Waals surface area contributed by atoms with Gasteiger partial charge in [-0.05, 0) is 25.3 Å². The molecule has 2 N–H and O–H groups in total. The minimum absolute atomic E-state index is 0.380. The van der Waals surface area contributed by atoms with Gasteiger partial charge in [0.05, 0.1) is 22.6 Å². The van der Waals surface area contributed by atoms with Gasteiger partial charge in [0.15, 0.2) is 11.6 Å². The van der Waals surface area contributed by atoms with Crippen LogP contribution < -0.4 is 4.72 Å². The Bertz CT molecular complexity index is 695. The Balaban J connectivity index is 2.29. The third kappa shape index (κ3) is 3.36. The Labute approximate surface area is 126 Å². The molecule has 0 bridgehead atoms. The van der Waals surface area contributed by atoms with Crippen molar-refractivity contribution < 1.29 is 31.8 Å². The zero-order valence-electron chi connectivity index (χ0n) is 11.7. The lowest BCUT2D eigenvalue weighted by Gasteiger charge is -2.39. The predicted molar refractivity (Wildman–Crippen MR) is 74.3 cm³/mol. The van der Waals surface area contributed by atoms with Crippen molar-refractivity contribution in [2.75, 3.05) is 17.6 Å². The van der Waals surface area contributed by atoms with Crippen LogP contribution in [0.5, 0.6) is 0 Å². The highest BCUT2D eigenvalue weighted by molar-refractivity contribution is 7.92. The number of carboxylic acids is 1. The van der Waals surface area contributed by atoms with Gasteiger partial charge in [-0.1, -0.05) is 0 Å². The van der Waals surface area contributed by atoms with E-state index in [1.54, 1.807) is 0 Å². The molecule has 6 nitrogen and oxygen atoms in total. The van der Waals surface area contributed by atoms with Crippen LogP contribution in [0.1, 0.15) is 29.6 Å². The van der Waals surface area contributed by atoms with E-state index in [0.29, 0.717) is 25.0 Å². The number of nitrogens with one attached hydrogen (secondary N) is 1. The fourth-order valence-electron chi connectivity index (χ4n) is 2.34. The first kappa shape index (κ1) is 16.6. The molecule has 122 valence electrons. The van der Waals surface area contributed by atoms with Crippen molar-refractivity contribution >= 4 is 21.7 Å². The highest BCUT2D eigenvalue weighted by Crippen LogP contribution is 2.36. The van der Waals surface area contributed by atoms with E-state index in [4.69, 9.17) is 9.84 Å². The molecule has 0 heterocycles. The van der Waals surface area contributed by atoms with Crippen molar-refractivity contribution in [1.82, 2.24) is 0 Å². The summed E-state index contributed by atoms with van der Waals surface area (Å²) in [6.07, 6.45) is 1.96. The van der Waals surface area contributed by atoms with Crippen molar-refractivity contribution in [3.63, 3.8) is 0 Å². The van der Waals surface area contributed by atoms with Gasteiger partial charge in [0, 0.05) is 13.2 Å². The highest BCUT2D eigenvalue weighted by Gasteiger charge is 2.41. The van der Waals surface area contributed by atoms with Crippen molar-refractivity contribution in [2.24, 2.45) is 0 Å². The van der Waals surface area contributed by atoms with Crippen LogP contribution in [-0.2, 0) is 14.8 Å². The highest BCUT2D eigenvalue weighted by atomic mass is 32.2. The van der Waals surface area contributed by atoms with Crippen molar-refractivity contribution in [3.8, 4) is 0 Å². The summed E-state index contributed by atoms with van der Waals surface area (Å²) < 4.78 is 57.8. The number of benzene rings is 1. The molecule has 2 rings (SSSR count). The molecule has 1 aromatic carbocycles. The summed E-state index contributed by atoms with van der Waals surface area (Å²) in [5.74, 6) is -4.66. The van der Waals surface area contributed by atoms with E-state index in [2.05, 4.69) is 0 Å². The minimum atomic E-state index is -3.98. The number of methoxy groups -OCH3 is 1. The van der Waals surface area contributed by atoms with Gasteiger partial charge in [-0.2, -0.15) is 0 Å². The van der Waals surface area contributed by atoms with E-state index in [1.807, 2.05) is 4.72 Å². The average molecular weight is 335 g/mol. The normalized spacial score (nSPS) is 16.9. The third-order valence-electron chi connectivity index (χ3n) is 3.71. The monoisotopic (exact) mass is 335 g/mol. The zero-order valence-corrected chi connectivity index (χ0v) is 12.5. The first-order chi connectivity index (χ1) is 10.2. The van der Waals surface area contributed by atoms with Gasteiger partial charge in [-0.15, -0.1) is 0 Å². The van der Waals surface area contributed by atoms with Crippen LogP contribution in [0.25, 0.3) is 0 Å². The number of carbonyl (C=O) groups is 1. The largest absolute Gasteiger partial charge is 0.478 e. The van der Waals surface area contributed by atoms with Crippen LogP contribution in [0.2, 0.25) is 0 Å². The lowest BCUT2D eigenvalue weighted by molar-refractivity contribution is -0.0524. The molecule has 0 saturated heterocycles. The van der Waals surface area contributed by atoms with E-state index in [0.717, 1.165) is 6.42 Å². The molecule has 0 amide bonds. The van der Waals surface area contributed by atoms with Crippen LogP contribution in [0.3, 0.4) is 0 Å². The van der Waals surface area contributed by atoms with E-state index < -0.39 is 44.5 Å². The minimum Gasteiger partial charge on any atom is -0.478 e. The Morgan fingerprint density at radius 3 is 2.41 bits per heavy atom. The molecule has 1 aliphatic carbocycles. The average Bonchev–Trinajstić information content (AvgIpc) is 2.37. The third-order valence-corrected chi connectivity index (χ3v) is 5.14. The van der Waals surface area contributed by atoms with Gasteiger partial charge in [0.1, 0.15) is 0 Å². The smallest absolute Gasteiger partial charge is 0.337 e. The van der Waals surface area contributed by atoms with E-state index in [9.17, 15) is 22.0 Å². The van der Waals surface area contributed by atoms with E-state index in [1.165, 1.54) is 7.11 Å². The molecule has 0 radical (unpaired) electrons. The van der Waals surface area contributed by atoms with Crippen LogP contribution in [0.4, 0.5) is 14.5 Å². The molecular weight excluding hydrogens is 320 g/mol. The van der Waals surface area contributed by atoms with Crippen LogP contribution in [0.15, 0.2) is 12.1 Å². The number of aromatic carboxylic acids is 1. The van der Waals surface area contributed by atoms with E-state index >= 15 is 0 Å². The lowest BCUT2D eigenvalue weighted by atomic mass is 9.82. The fourth-order valence-corrected chi connectivity index (χ4v) is 4.01. The summed E-state index contributed by atoms with van der Waals surface area (Å²) in [6.45, 7) is 0. The maximum atomic E-state index is 13.3. The number of hydrogen-bond acceptors (Lipinski definition) is 4. The molecule has 1 fully saturated rings. The van der Waals surface area contributed by atoms with E-state index in [-0.39, 0.29) is 5.75 Å². The van der Waals surface area contributed by atoms with Crippen molar-refractivity contribution in [2.45, 2.75) is 24.9 Å². The van der Waals surface area contributed by atoms with Crippen molar-refractivity contribution in [1.29, 1.82) is 0 Å². The zero-order chi connectivity index (χ0) is 16.5. The molecule has 1 aliphatic rings. The summed E-state index contributed by atoms with van der Waals surface area (Å²) in [4.78, 5) is 11.0. The van der Waals surface area contributed by atoms with Gasteiger partial charge in [0.25, 0.3) is 0 Å². The molecule has 9 heteroatoms. The van der Waals surface area contributed by atoms with Crippen LogP contribution >= 0.6 is 0 Å². The molecule has 0 aliphatic heterocycles. The van der Waals surface area contributed by atoms with Gasteiger partial charge in [-0.3, -0.25) is 4.72 Å². The second kappa shape index (κ2) is 5.81. The number of carboxylic acid groups (broad SMARTS) is 1. The Hall–Kier alpha value is -1.74. The summed E-state index contributed by atoms with van der Waals surface area (Å²) in [5, 5.41) is 8.97. The first-order valence-electron chi connectivity index (χ1n) is 6.46. The Morgan fingerprint density at radius 1 is 1.36 bits per heavy atom. The first-order valence-corrected chi connectivity index (χ1v) is 8.11. The number of anilines is 1. The standard InChI is InChI=1S/C13H15F2NO5S/c1-21-13(3-2-4-13)7-22(19,20)16-11-6-10(15)9(14)5-8(11)12(17)18/h5-6,16H,2-4,7H2,1H3,(H,17,18). The number of hydrogen-bond donors (Lipinski definition) is 2. The molecule has 1 aromatic rings. The molecule has 0 aromatic heterocycles. The molecule has 0 unspecified atom stereocenters. The molecule has 0 spiro atoms. The predicted octanol–water partition coefficient (Wildman–Crippen LogP) is 1.97.